The lowest BCUT2D eigenvalue weighted by Gasteiger charge is -2.10. The van der Waals surface area contributed by atoms with Gasteiger partial charge in [0.25, 0.3) is 0 Å². The van der Waals surface area contributed by atoms with E-state index in [9.17, 15) is 4.79 Å². The van der Waals surface area contributed by atoms with Crippen LogP contribution < -0.4 is 5.32 Å². The first-order chi connectivity index (χ1) is 8.84. The van der Waals surface area contributed by atoms with Gasteiger partial charge in [0.05, 0.1) is 6.10 Å². The van der Waals surface area contributed by atoms with Crippen molar-refractivity contribution >= 4 is 17.7 Å². The first-order valence-corrected chi connectivity index (χ1v) is 7.39. The third-order valence-corrected chi connectivity index (χ3v) is 3.91. The minimum absolute atomic E-state index is 0.119. The first-order valence-electron chi connectivity index (χ1n) is 6.41. The highest BCUT2D eigenvalue weighted by atomic mass is 32.2. The van der Waals surface area contributed by atoms with Crippen molar-refractivity contribution in [3.8, 4) is 0 Å². The molecule has 0 bridgehead atoms. The molecule has 1 atom stereocenters. The highest BCUT2D eigenvalue weighted by molar-refractivity contribution is 7.99. The molecule has 1 amide bonds. The number of benzene rings is 1. The molecule has 1 fully saturated rings. The molecule has 2 rings (SSSR count). The maximum Gasteiger partial charge on any atom is 0.220 e. The number of carbonyl (C=O) groups excluding carboxylic acids is 1. The van der Waals surface area contributed by atoms with Gasteiger partial charge in [-0.05, 0) is 25.0 Å². The Morgan fingerprint density at radius 2 is 2.22 bits per heavy atom. The van der Waals surface area contributed by atoms with E-state index in [2.05, 4.69) is 17.4 Å². The molecular formula is C14H19NO2S. The second-order valence-electron chi connectivity index (χ2n) is 4.35. The first kappa shape index (κ1) is 13.4. The van der Waals surface area contributed by atoms with Gasteiger partial charge in [0.15, 0.2) is 0 Å². The van der Waals surface area contributed by atoms with Crippen molar-refractivity contribution in [2.24, 2.45) is 0 Å². The molecule has 0 unspecified atom stereocenters. The van der Waals surface area contributed by atoms with Gasteiger partial charge in [-0.25, -0.2) is 0 Å². The van der Waals surface area contributed by atoms with Crippen LogP contribution >= 0.6 is 11.8 Å². The van der Waals surface area contributed by atoms with Crippen LogP contribution in [0.5, 0.6) is 0 Å². The Hall–Kier alpha value is -1.00. The van der Waals surface area contributed by atoms with Crippen LogP contribution in [0.1, 0.15) is 19.3 Å². The fourth-order valence-corrected chi connectivity index (χ4v) is 2.77. The molecule has 0 radical (unpaired) electrons. The smallest absolute Gasteiger partial charge is 0.220 e. The molecule has 1 N–H and O–H groups in total. The standard InChI is InChI=1S/C14H19NO2S/c16-14(15-11-12-5-4-9-17-12)8-10-18-13-6-2-1-3-7-13/h1-3,6-7,12H,4-5,8-11H2,(H,15,16)/t12-/m0/s1. The summed E-state index contributed by atoms with van der Waals surface area (Å²) in [5.41, 5.74) is 0. The molecule has 4 heteroatoms. The molecular weight excluding hydrogens is 246 g/mol. The van der Waals surface area contributed by atoms with Gasteiger partial charge in [-0.1, -0.05) is 18.2 Å². The minimum Gasteiger partial charge on any atom is -0.376 e. The zero-order chi connectivity index (χ0) is 12.6. The topological polar surface area (TPSA) is 38.3 Å². The van der Waals surface area contributed by atoms with Crippen molar-refractivity contribution in [2.75, 3.05) is 18.9 Å². The highest BCUT2D eigenvalue weighted by Gasteiger charge is 2.15. The quantitative estimate of drug-likeness (QED) is 0.803. The van der Waals surface area contributed by atoms with Gasteiger partial charge in [0.1, 0.15) is 0 Å². The lowest BCUT2D eigenvalue weighted by Crippen LogP contribution is -2.31. The molecule has 1 heterocycles. The van der Waals surface area contributed by atoms with Crippen LogP contribution in [-0.4, -0.2) is 30.9 Å². The zero-order valence-electron chi connectivity index (χ0n) is 10.4. The third-order valence-electron chi connectivity index (χ3n) is 2.89. The Bertz CT molecular complexity index is 363. The van der Waals surface area contributed by atoms with E-state index in [0.717, 1.165) is 25.2 Å². The van der Waals surface area contributed by atoms with Crippen LogP contribution in [0.4, 0.5) is 0 Å². The highest BCUT2D eigenvalue weighted by Crippen LogP contribution is 2.17. The van der Waals surface area contributed by atoms with Crippen LogP contribution in [-0.2, 0) is 9.53 Å². The molecule has 3 nitrogen and oxygen atoms in total. The average Bonchev–Trinajstić information content (AvgIpc) is 2.91. The fraction of sp³-hybridized carbons (Fsp3) is 0.500. The average molecular weight is 265 g/mol. The summed E-state index contributed by atoms with van der Waals surface area (Å²) in [5, 5.41) is 2.93. The van der Waals surface area contributed by atoms with Gasteiger partial charge in [0, 0.05) is 30.2 Å². The molecule has 0 aromatic heterocycles. The largest absolute Gasteiger partial charge is 0.376 e. The summed E-state index contributed by atoms with van der Waals surface area (Å²) < 4.78 is 5.46. The van der Waals surface area contributed by atoms with Gasteiger partial charge < -0.3 is 10.1 Å². The Labute approximate surface area is 112 Å². The van der Waals surface area contributed by atoms with Crippen molar-refractivity contribution in [2.45, 2.75) is 30.3 Å². The van der Waals surface area contributed by atoms with Crippen molar-refractivity contribution < 1.29 is 9.53 Å². The Kier molecular flexibility index (Phi) is 5.55. The number of ether oxygens (including phenoxy) is 1. The summed E-state index contributed by atoms with van der Waals surface area (Å²) in [6.07, 6.45) is 2.98. The number of hydrogen-bond acceptors (Lipinski definition) is 3. The van der Waals surface area contributed by atoms with Gasteiger partial charge >= 0.3 is 0 Å². The lowest BCUT2D eigenvalue weighted by atomic mass is 10.2. The van der Waals surface area contributed by atoms with Crippen LogP contribution in [0.2, 0.25) is 0 Å². The fourth-order valence-electron chi connectivity index (χ4n) is 1.90. The SMILES string of the molecule is O=C(CCSc1ccccc1)NC[C@@H]1CCCO1. The lowest BCUT2D eigenvalue weighted by molar-refractivity contribution is -0.121. The molecule has 1 aliphatic heterocycles. The number of rotatable bonds is 6. The number of carbonyl (C=O) groups is 1. The molecule has 18 heavy (non-hydrogen) atoms. The third kappa shape index (κ3) is 4.70. The van der Waals surface area contributed by atoms with Gasteiger partial charge in [0.2, 0.25) is 5.91 Å². The van der Waals surface area contributed by atoms with E-state index in [0.29, 0.717) is 13.0 Å². The number of amides is 1. The van der Waals surface area contributed by atoms with Crippen molar-refractivity contribution in [1.82, 2.24) is 5.32 Å². The van der Waals surface area contributed by atoms with Crippen molar-refractivity contribution in [3.05, 3.63) is 30.3 Å². The monoisotopic (exact) mass is 265 g/mol. The maximum absolute atomic E-state index is 11.6. The van der Waals surface area contributed by atoms with E-state index in [4.69, 9.17) is 4.74 Å². The van der Waals surface area contributed by atoms with Crippen LogP contribution in [0, 0.1) is 0 Å². The van der Waals surface area contributed by atoms with Gasteiger partial charge in [-0.2, -0.15) is 0 Å². The zero-order valence-corrected chi connectivity index (χ0v) is 11.2. The van der Waals surface area contributed by atoms with E-state index in [-0.39, 0.29) is 12.0 Å². The van der Waals surface area contributed by atoms with E-state index in [1.807, 2.05) is 18.2 Å². The predicted octanol–water partition coefficient (Wildman–Crippen LogP) is 2.46. The summed E-state index contributed by atoms with van der Waals surface area (Å²) in [7, 11) is 0. The normalized spacial score (nSPS) is 18.8. The number of hydrogen-bond donors (Lipinski definition) is 1. The number of nitrogens with one attached hydrogen (secondary N) is 1. The molecule has 0 saturated carbocycles. The summed E-state index contributed by atoms with van der Waals surface area (Å²) in [4.78, 5) is 12.8. The second-order valence-corrected chi connectivity index (χ2v) is 5.52. The van der Waals surface area contributed by atoms with E-state index >= 15 is 0 Å². The van der Waals surface area contributed by atoms with E-state index in [1.54, 1.807) is 11.8 Å². The maximum atomic E-state index is 11.6. The van der Waals surface area contributed by atoms with Crippen molar-refractivity contribution in [3.63, 3.8) is 0 Å². The summed E-state index contributed by atoms with van der Waals surface area (Å²) >= 11 is 1.71. The summed E-state index contributed by atoms with van der Waals surface area (Å²) in [5.74, 6) is 0.940. The summed E-state index contributed by atoms with van der Waals surface area (Å²) in [6, 6.07) is 10.2. The van der Waals surface area contributed by atoms with Crippen molar-refractivity contribution in [1.29, 1.82) is 0 Å². The Balaban J connectivity index is 1.57. The van der Waals surface area contributed by atoms with Crippen LogP contribution in [0.3, 0.4) is 0 Å². The minimum atomic E-state index is 0.119. The summed E-state index contributed by atoms with van der Waals surface area (Å²) in [6.45, 7) is 1.50. The van der Waals surface area contributed by atoms with Gasteiger partial charge in [-0.3, -0.25) is 4.79 Å². The van der Waals surface area contributed by atoms with Crippen LogP contribution in [0.15, 0.2) is 35.2 Å². The molecule has 1 aromatic carbocycles. The van der Waals surface area contributed by atoms with Gasteiger partial charge in [-0.15, -0.1) is 11.8 Å². The molecule has 1 aromatic rings. The van der Waals surface area contributed by atoms with E-state index in [1.165, 1.54) is 4.90 Å². The number of thioether (sulfide) groups is 1. The Morgan fingerprint density at radius 3 is 2.94 bits per heavy atom. The molecule has 1 saturated heterocycles. The second kappa shape index (κ2) is 7.44. The molecule has 1 aliphatic rings. The molecule has 0 aliphatic carbocycles. The molecule has 0 spiro atoms. The predicted molar refractivity (Wildman–Crippen MR) is 73.8 cm³/mol. The van der Waals surface area contributed by atoms with Crippen LogP contribution in [0.25, 0.3) is 0 Å². The molecule has 98 valence electrons. The van der Waals surface area contributed by atoms with E-state index < -0.39 is 0 Å². The Morgan fingerprint density at radius 1 is 1.39 bits per heavy atom.